The Hall–Kier alpha value is -3.14. The van der Waals surface area contributed by atoms with Crippen LogP contribution in [0.15, 0.2) is 12.5 Å². The number of amides is 1. The molecule has 5 rings (SSSR count). The van der Waals surface area contributed by atoms with Gasteiger partial charge < -0.3 is 19.5 Å². The number of hydrogen-bond acceptors (Lipinski definition) is 7. The molecule has 0 aromatic carbocycles. The number of carbonyl (C=O) groups is 1. The van der Waals surface area contributed by atoms with Crippen molar-refractivity contribution in [3.05, 3.63) is 29.2 Å². The maximum Gasteiger partial charge on any atom is 0.410 e. The fourth-order valence-electron chi connectivity index (χ4n) is 4.65. The number of thiazole rings is 1. The fraction of sp³-hybridized carbons (Fsp3) is 0.520. The summed E-state index contributed by atoms with van der Waals surface area (Å²) in [6.45, 7) is 17.1. The molecular formula is C25H33N7O2S. The molecule has 5 heterocycles. The number of aryl methyl sites for hydroxylation is 1. The Labute approximate surface area is 209 Å². The minimum atomic E-state index is -0.483. The fourth-order valence-corrected chi connectivity index (χ4v) is 5.68. The van der Waals surface area contributed by atoms with Gasteiger partial charge in [-0.25, -0.2) is 19.3 Å². The molecule has 1 amide bonds. The van der Waals surface area contributed by atoms with Crippen LogP contribution in [0.1, 0.15) is 57.2 Å². The zero-order valence-corrected chi connectivity index (χ0v) is 22.3. The van der Waals surface area contributed by atoms with Crippen molar-refractivity contribution in [2.24, 2.45) is 0 Å². The van der Waals surface area contributed by atoms with Gasteiger partial charge in [0.15, 0.2) is 10.8 Å². The summed E-state index contributed by atoms with van der Waals surface area (Å²) in [6, 6.07) is 0. The lowest BCUT2D eigenvalue weighted by Crippen LogP contribution is -2.50. The van der Waals surface area contributed by atoms with E-state index in [0.29, 0.717) is 19.0 Å². The first-order chi connectivity index (χ1) is 16.5. The third-order valence-electron chi connectivity index (χ3n) is 6.55. The molecule has 10 heteroatoms. The Morgan fingerprint density at radius 1 is 1.14 bits per heavy atom. The van der Waals surface area contributed by atoms with E-state index in [2.05, 4.69) is 53.9 Å². The number of aromatic amines is 1. The second kappa shape index (κ2) is 8.51. The number of rotatable bonds is 3. The van der Waals surface area contributed by atoms with Gasteiger partial charge in [0.2, 0.25) is 0 Å². The van der Waals surface area contributed by atoms with E-state index < -0.39 is 5.60 Å². The molecule has 4 aromatic heterocycles. The third kappa shape index (κ3) is 4.24. The summed E-state index contributed by atoms with van der Waals surface area (Å²) >= 11 is 1.68. The average Bonchev–Trinajstić information content (AvgIpc) is 3.49. The monoisotopic (exact) mass is 495 g/mol. The molecule has 0 saturated carbocycles. The molecular weight excluding hydrogens is 462 g/mol. The Bertz CT molecular complexity index is 1400. The first-order valence-corrected chi connectivity index (χ1v) is 12.9. The molecule has 0 aliphatic carbocycles. The van der Waals surface area contributed by atoms with Crippen LogP contribution < -0.4 is 4.90 Å². The maximum atomic E-state index is 12.4. The minimum Gasteiger partial charge on any atom is -0.444 e. The zero-order valence-electron chi connectivity index (χ0n) is 21.5. The molecule has 1 N–H and O–H groups in total. The maximum absolute atomic E-state index is 12.4. The zero-order chi connectivity index (χ0) is 25.1. The SMILES string of the molecule is Cc1c(-c2[nH]c3sc(N4CCN(C(=O)OC(C)(C)C)CC4)nc3c2C(C)C)cn2ncnc2c1C. The Balaban J connectivity index is 1.44. The van der Waals surface area contributed by atoms with E-state index in [1.165, 1.54) is 11.1 Å². The lowest BCUT2D eigenvalue weighted by molar-refractivity contribution is 0.0240. The van der Waals surface area contributed by atoms with Gasteiger partial charge in [0.1, 0.15) is 22.3 Å². The van der Waals surface area contributed by atoms with Crippen LogP contribution in [0.3, 0.4) is 0 Å². The Morgan fingerprint density at radius 2 is 1.86 bits per heavy atom. The van der Waals surface area contributed by atoms with E-state index in [9.17, 15) is 4.79 Å². The van der Waals surface area contributed by atoms with Crippen LogP contribution in [0.5, 0.6) is 0 Å². The van der Waals surface area contributed by atoms with Gasteiger partial charge >= 0.3 is 6.09 Å². The molecule has 35 heavy (non-hydrogen) atoms. The normalized spacial score (nSPS) is 15.1. The van der Waals surface area contributed by atoms with E-state index in [1.54, 1.807) is 22.6 Å². The predicted octanol–water partition coefficient (Wildman–Crippen LogP) is 5.13. The van der Waals surface area contributed by atoms with Crippen LogP contribution in [0.25, 0.3) is 27.3 Å². The summed E-state index contributed by atoms with van der Waals surface area (Å²) in [5.41, 5.74) is 7.20. The van der Waals surface area contributed by atoms with Gasteiger partial charge in [-0.2, -0.15) is 5.10 Å². The summed E-state index contributed by atoms with van der Waals surface area (Å²) in [7, 11) is 0. The van der Waals surface area contributed by atoms with E-state index >= 15 is 0 Å². The van der Waals surface area contributed by atoms with E-state index in [-0.39, 0.29) is 6.09 Å². The number of pyridine rings is 1. The number of nitrogens with zero attached hydrogens (tertiary/aromatic N) is 6. The first-order valence-electron chi connectivity index (χ1n) is 12.1. The summed E-state index contributed by atoms with van der Waals surface area (Å²) < 4.78 is 7.38. The highest BCUT2D eigenvalue weighted by Gasteiger charge is 2.28. The van der Waals surface area contributed by atoms with Crippen LogP contribution in [0.2, 0.25) is 0 Å². The topological polar surface area (TPSA) is 91.7 Å². The van der Waals surface area contributed by atoms with Gasteiger partial charge in [-0.05, 0) is 51.7 Å². The highest BCUT2D eigenvalue weighted by Crippen LogP contribution is 2.41. The standard InChI is InChI=1S/C25H33N7O2S/c1-14(2)18-19(17-12-32-21(26-13-27-32)16(4)15(17)3)28-22-20(18)29-23(35-22)30-8-10-31(11-9-30)24(33)34-25(5,6)7/h12-14,28H,8-11H2,1-7H3. The molecule has 1 aliphatic rings. The number of hydrogen-bond donors (Lipinski definition) is 1. The lowest BCUT2D eigenvalue weighted by atomic mass is 9.96. The average molecular weight is 496 g/mol. The Morgan fingerprint density at radius 3 is 2.51 bits per heavy atom. The second-order valence-electron chi connectivity index (χ2n) is 10.5. The third-order valence-corrected chi connectivity index (χ3v) is 7.59. The number of H-pyrrole nitrogens is 1. The van der Waals surface area contributed by atoms with Crippen LogP contribution in [0.4, 0.5) is 9.93 Å². The highest BCUT2D eigenvalue weighted by molar-refractivity contribution is 7.21. The number of nitrogens with one attached hydrogen (secondary N) is 1. The van der Waals surface area contributed by atoms with Crippen LogP contribution in [-0.2, 0) is 4.74 Å². The smallest absolute Gasteiger partial charge is 0.410 e. The summed E-state index contributed by atoms with van der Waals surface area (Å²) in [5, 5.41) is 5.36. The van der Waals surface area contributed by atoms with E-state index in [4.69, 9.17) is 9.72 Å². The van der Waals surface area contributed by atoms with Gasteiger partial charge in [-0.1, -0.05) is 25.2 Å². The molecule has 0 spiro atoms. The van der Waals surface area contributed by atoms with Crippen molar-refractivity contribution in [2.75, 3.05) is 31.1 Å². The van der Waals surface area contributed by atoms with E-state index in [0.717, 1.165) is 51.0 Å². The van der Waals surface area contributed by atoms with Crippen molar-refractivity contribution in [3.8, 4) is 11.3 Å². The van der Waals surface area contributed by atoms with Gasteiger partial charge in [0.25, 0.3) is 0 Å². The van der Waals surface area contributed by atoms with Crippen LogP contribution in [0, 0.1) is 13.8 Å². The quantitative estimate of drug-likeness (QED) is 0.424. The lowest BCUT2D eigenvalue weighted by Gasteiger charge is -2.35. The number of carbonyl (C=O) groups excluding carboxylic acids is 1. The molecule has 1 saturated heterocycles. The minimum absolute atomic E-state index is 0.245. The van der Waals surface area contributed by atoms with Crippen molar-refractivity contribution < 1.29 is 9.53 Å². The molecule has 0 unspecified atom stereocenters. The van der Waals surface area contributed by atoms with Gasteiger partial charge in [0, 0.05) is 43.5 Å². The molecule has 9 nitrogen and oxygen atoms in total. The molecule has 1 fully saturated rings. The summed E-state index contributed by atoms with van der Waals surface area (Å²) in [4.78, 5) is 30.7. The molecule has 186 valence electrons. The number of fused-ring (bicyclic) bond motifs is 2. The number of piperazine rings is 1. The van der Waals surface area contributed by atoms with Crippen LogP contribution >= 0.6 is 11.3 Å². The van der Waals surface area contributed by atoms with Crippen LogP contribution in [-0.4, -0.2) is 67.3 Å². The number of ether oxygens (including phenoxy) is 1. The van der Waals surface area contributed by atoms with Gasteiger partial charge in [-0.15, -0.1) is 0 Å². The summed E-state index contributed by atoms with van der Waals surface area (Å²) in [5.74, 6) is 0.295. The van der Waals surface area contributed by atoms with Crippen molar-refractivity contribution in [2.45, 2.75) is 60.0 Å². The molecule has 0 atom stereocenters. The largest absolute Gasteiger partial charge is 0.444 e. The van der Waals surface area contributed by atoms with Gasteiger partial charge in [0.05, 0.1) is 5.69 Å². The van der Waals surface area contributed by atoms with E-state index in [1.807, 2.05) is 25.3 Å². The molecule has 0 bridgehead atoms. The van der Waals surface area contributed by atoms with Crippen molar-refractivity contribution >= 4 is 38.6 Å². The number of aromatic nitrogens is 5. The predicted molar refractivity (Wildman–Crippen MR) is 140 cm³/mol. The van der Waals surface area contributed by atoms with Crippen molar-refractivity contribution in [3.63, 3.8) is 0 Å². The van der Waals surface area contributed by atoms with Gasteiger partial charge in [-0.3, -0.25) is 0 Å². The number of anilines is 1. The first kappa shape index (κ1) is 23.6. The second-order valence-corrected chi connectivity index (χ2v) is 11.5. The molecule has 4 aromatic rings. The molecule has 1 aliphatic heterocycles. The highest BCUT2D eigenvalue weighted by atomic mass is 32.1. The Kier molecular flexibility index (Phi) is 5.74. The molecule has 0 radical (unpaired) electrons. The summed E-state index contributed by atoms with van der Waals surface area (Å²) in [6.07, 6.45) is 3.41. The van der Waals surface area contributed by atoms with Crippen molar-refractivity contribution in [1.29, 1.82) is 0 Å². The van der Waals surface area contributed by atoms with Crippen molar-refractivity contribution in [1.82, 2.24) is 29.5 Å².